The smallest absolute Gasteiger partial charge is 0.338 e. The lowest BCUT2D eigenvalue weighted by molar-refractivity contribution is -0.388. The fourth-order valence-electron chi connectivity index (χ4n) is 9.65. The van der Waals surface area contributed by atoms with Crippen molar-refractivity contribution in [2.45, 2.75) is 81.2 Å². The Morgan fingerprint density at radius 2 is 0.831 bits per heavy atom. The Kier molecular flexibility index (Phi) is 20.0. The molecule has 15 nitrogen and oxygen atoms in total. The maximum absolute atomic E-state index is 14.8. The van der Waals surface area contributed by atoms with E-state index in [2.05, 4.69) is 0 Å². The summed E-state index contributed by atoms with van der Waals surface area (Å²) in [5.74, 6) is -5.89. The van der Waals surface area contributed by atoms with Crippen LogP contribution in [0.4, 0.5) is 0 Å². The van der Waals surface area contributed by atoms with Crippen molar-refractivity contribution in [3.63, 3.8) is 0 Å². The van der Waals surface area contributed by atoms with Crippen LogP contribution in [0, 0.1) is 0 Å². The summed E-state index contributed by atoms with van der Waals surface area (Å²) in [7, 11) is 0. The summed E-state index contributed by atoms with van der Waals surface area (Å²) in [4.78, 5) is 57.7. The normalized spacial score (nSPS) is 21.5. The third-order valence-electron chi connectivity index (χ3n) is 13.9. The Morgan fingerprint density at radius 3 is 1.31 bits per heavy atom. The lowest BCUT2D eigenvalue weighted by atomic mass is 9.95. The van der Waals surface area contributed by atoms with Crippen LogP contribution < -0.4 is 0 Å². The van der Waals surface area contributed by atoms with Gasteiger partial charge in [-0.3, -0.25) is 0 Å². The molecule has 0 N–H and O–H groups in total. The van der Waals surface area contributed by atoms with E-state index in [1.165, 1.54) is 12.1 Å². The van der Waals surface area contributed by atoms with Crippen molar-refractivity contribution < 1.29 is 71.3 Å². The second kappa shape index (κ2) is 28.9. The van der Waals surface area contributed by atoms with Crippen LogP contribution in [0.1, 0.15) is 63.7 Å². The number of ether oxygens (including phenoxy) is 11. The highest BCUT2D eigenvalue weighted by molar-refractivity contribution is 5.91. The maximum atomic E-state index is 14.8. The summed E-state index contributed by atoms with van der Waals surface area (Å²) >= 11 is 0. The van der Waals surface area contributed by atoms with Gasteiger partial charge in [0.05, 0.1) is 61.9 Å². The molecule has 8 aromatic carbocycles. The van der Waals surface area contributed by atoms with Crippen molar-refractivity contribution in [2.75, 3.05) is 19.8 Å². The molecule has 0 aromatic heterocycles. The molecule has 0 saturated carbocycles. The number of carbonyl (C=O) groups is 4. The minimum Gasteiger partial charge on any atom is -0.456 e. The SMILES string of the molecule is O=C(OC[C@@]1(O[C@H]2O[C@H]([C@@H](COCc3ccccc3)OCc3ccccc3)[C@H](OCc3ccccc3)[C@H]2OCc2ccccc2)OC[C@@H](OC(=O)c2ccccc2)[C@@H](OC(=O)c2ccccc2)[C@@H]1OC(=O)c1ccccc1)c1ccccc1. The van der Waals surface area contributed by atoms with Gasteiger partial charge in [-0.1, -0.05) is 194 Å². The zero-order valence-corrected chi connectivity index (χ0v) is 45.3. The number of esters is 4. The first-order valence-corrected chi connectivity index (χ1v) is 27.3. The summed E-state index contributed by atoms with van der Waals surface area (Å²) in [5.41, 5.74) is 3.99. The average molecular weight is 1120 g/mol. The summed E-state index contributed by atoms with van der Waals surface area (Å²) < 4.78 is 73.9. The Balaban J connectivity index is 1.10. The fourth-order valence-corrected chi connectivity index (χ4v) is 9.65. The molecule has 10 rings (SSSR count). The molecule has 0 radical (unpaired) electrons. The Bertz CT molecular complexity index is 3270. The minimum absolute atomic E-state index is 0.00463. The van der Waals surface area contributed by atoms with Crippen LogP contribution in [-0.4, -0.2) is 98.5 Å². The van der Waals surface area contributed by atoms with E-state index in [4.69, 9.17) is 52.1 Å². The van der Waals surface area contributed by atoms with E-state index >= 15 is 0 Å². The van der Waals surface area contributed by atoms with Crippen LogP contribution >= 0.6 is 0 Å². The van der Waals surface area contributed by atoms with E-state index in [0.717, 1.165) is 22.3 Å². The molecule has 0 bridgehead atoms. The molecular weight excluding hydrogens is 1060 g/mol. The van der Waals surface area contributed by atoms with Gasteiger partial charge in [-0.05, 0) is 70.8 Å². The summed E-state index contributed by atoms with van der Waals surface area (Å²) in [6, 6.07) is 71.0. The standard InChI is InChI=1S/C68H62O15/c69-63(52-33-17-5-18-34-52)77-47-68(62(82-66(72)55-39-23-8-24-40-55)59(80-65(71)54-37-21-7-22-38-54)57(46-78-68)79-64(70)53-35-19-6-20-36-53)83-67-61(76-44-51-31-15-4-16-32-51)60(75-43-50-29-13-3-14-30-50)58(81-67)56(74-42-49-27-11-2-12-28-49)45-73-41-48-25-9-1-10-26-48/h1-40,56-62,67H,41-47H2/t56-,57-,58-,59-,60+,61-,62+,67-,68+/m1/s1. The molecule has 0 spiro atoms. The van der Waals surface area contributed by atoms with Crippen LogP contribution in [0.15, 0.2) is 243 Å². The minimum atomic E-state index is -2.48. The number of hydrogen-bond acceptors (Lipinski definition) is 15. The van der Waals surface area contributed by atoms with Crippen molar-refractivity contribution in [2.24, 2.45) is 0 Å². The lowest BCUT2D eigenvalue weighted by Crippen LogP contribution is -2.68. The number of hydrogen-bond donors (Lipinski definition) is 0. The first-order chi connectivity index (χ1) is 40.8. The predicted molar refractivity (Wildman–Crippen MR) is 303 cm³/mol. The van der Waals surface area contributed by atoms with Crippen LogP contribution in [-0.2, 0) is 78.5 Å². The molecule has 0 amide bonds. The highest BCUT2D eigenvalue weighted by Crippen LogP contribution is 2.41. The predicted octanol–water partition coefficient (Wildman–Crippen LogP) is 11.0. The van der Waals surface area contributed by atoms with Gasteiger partial charge in [-0.25, -0.2) is 19.2 Å². The van der Waals surface area contributed by atoms with Gasteiger partial charge in [-0.15, -0.1) is 0 Å². The molecule has 0 unspecified atom stereocenters. The maximum Gasteiger partial charge on any atom is 0.338 e. The van der Waals surface area contributed by atoms with E-state index in [-0.39, 0.29) is 55.3 Å². The Hall–Kier alpha value is -8.64. The Morgan fingerprint density at radius 1 is 0.434 bits per heavy atom. The first-order valence-electron chi connectivity index (χ1n) is 27.3. The lowest BCUT2D eigenvalue weighted by Gasteiger charge is -2.48. The quantitative estimate of drug-likeness (QED) is 0.0391. The third-order valence-corrected chi connectivity index (χ3v) is 13.9. The third kappa shape index (κ3) is 15.5. The molecule has 9 atom stereocenters. The van der Waals surface area contributed by atoms with Gasteiger partial charge < -0.3 is 52.1 Å². The number of rotatable bonds is 25. The summed E-state index contributed by atoms with van der Waals surface area (Å²) in [6.45, 7) is -0.919. The molecule has 83 heavy (non-hydrogen) atoms. The average Bonchev–Trinajstić information content (AvgIpc) is 3.98. The zero-order valence-electron chi connectivity index (χ0n) is 45.3. The van der Waals surface area contributed by atoms with Crippen molar-refractivity contribution in [1.29, 1.82) is 0 Å². The van der Waals surface area contributed by atoms with Gasteiger partial charge in [0.1, 0.15) is 31.0 Å². The molecule has 15 heteroatoms. The van der Waals surface area contributed by atoms with Crippen molar-refractivity contribution in [3.05, 3.63) is 287 Å². The van der Waals surface area contributed by atoms with Gasteiger partial charge in [0.25, 0.3) is 0 Å². The molecular formula is C68H62O15. The van der Waals surface area contributed by atoms with Crippen LogP contribution in [0.25, 0.3) is 0 Å². The van der Waals surface area contributed by atoms with E-state index in [9.17, 15) is 19.2 Å². The Labute approximate surface area is 481 Å². The van der Waals surface area contributed by atoms with Crippen molar-refractivity contribution in [3.8, 4) is 0 Å². The highest BCUT2D eigenvalue weighted by Gasteiger charge is 2.62. The van der Waals surface area contributed by atoms with E-state index < -0.39 is 91.9 Å². The van der Waals surface area contributed by atoms with Gasteiger partial charge in [0.15, 0.2) is 24.6 Å². The summed E-state index contributed by atoms with van der Waals surface area (Å²) in [5, 5.41) is 0. The van der Waals surface area contributed by atoms with Gasteiger partial charge in [0.2, 0.25) is 5.79 Å². The van der Waals surface area contributed by atoms with Crippen LogP contribution in [0.2, 0.25) is 0 Å². The zero-order chi connectivity index (χ0) is 57.1. The van der Waals surface area contributed by atoms with Crippen LogP contribution in [0.3, 0.4) is 0 Å². The highest BCUT2D eigenvalue weighted by atomic mass is 16.8. The van der Waals surface area contributed by atoms with Gasteiger partial charge >= 0.3 is 23.9 Å². The summed E-state index contributed by atoms with van der Waals surface area (Å²) in [6.07, 6.45) is -10.8. The molecule has 2 saturated heterocycles. The van der Waals surface area contributed by atoms with E-state index in [0.29, 0.717) is 0 Å². The fraction of sp³-hybridized carbons (Fsp3) is 0.235. The molecule has 424 valence electrons. The van der Waals surface area contributed by atoms with Crippen molar-refractivity contribution in [1.82, 2.24) is 0 Å². The van der Waals surface area contributed by atoms with Gasteiger partial charge in [-0.2, -0.15) is 0 Å². The molecule has 0 aliphatic carbocycles. The van der Waals surface area contributed by atoms with Crippen LogP contribution in [0.5, 0.6) is 0 Å². The number of carbonyl (C=O) groups excluding carboxylic acids is 4. The molecule has 2 aliphatic rings. The van der Waals surface area contributed by atoms with E-state index in [1.54, 1.807) is 109 Å². The largest absolute Gasteiger partial charge is 0.456 e. The second-order valence-electron chi connectivity index (χ2n) is 19.7. The monoisotopic (exact) mass is 1120 g/mol. The van der Waals surface area contributed by atoms with Crippen molar-refractivity contribution >= 4 is 23.9 Å². The molecule has 8 aromatic rings. The topological polar surface area (TPSA) is 170 Å². The first kappa shape index (κ1) is 57.6. The van der Waals surface area contributed by atoms with Gasteiger partial charge in [0, 0.05) is 0 Å². The number of benzene rings is 8. The molecule has 2 aliphatic heterocycles. The molecule has 2 heterocycles. The van der Waals surface area contributed by atoms with E-state index in [1.807, 2.05) is 121 Å². The molecule has 2 fully saturated rings. The second-order valence-corrected chi connectivity index (χ2v) is 19.7.